The lowest BCUT2D eigenvalue weighted by Crippen LogP contribution is -2.40. The van der Waals surface area contributed by atoms with Gasteiger partial charge >= 0.3 is 5.69 Å². The molecule has 0 saturated heterocycles. The minimum atomic E-state index is -0.322. The molecule has 4 rings (SSSR count). The lowest BCUT2D eigenvalue weighted by Gasteiger charge is -2.22. The van der Waals surface area contributed by atoms with Crippen LogP contribution < -0.4 is 11.0 Å². The number of hydrogen-bond donors (Lipinski definition) is 1. The van der Waals surface area contributed by atoms with Gasteiger partial charge < -0.3 is 5.32 Å². The Balaban J connectivity index is 1.49. The molecule has 0 atom stereocenters. The number of hydrogen-bond acceptors (Lipinski definition) is 5. The molecule has 28 heavy (non-hydrogen) atoms. The van der Waals surface area contributed by atoms with E-state index < -0.39 is 0 Å². The third-order valence-corrected chi connectivity index (χ3v) is 5.99. The summed E-state index contributed by atoms with van der Waals surface area (Å²) < 4.78 is 2.68. The summed E-state index contributed by atoms with van der Waals surface area (Å²) in [5.41, 5.74) is 1.33. The Hall–Kier alpha value is -2.61. The van der Waals surface area contributed by atoms with E-state index in [0.717, 1.165) is 31.4 Å². The van der Waals surface area contributed by atoms with E-state index in [4.69, 9.17) is 0 Å². The van der Waals surface area contributed by atoms with Crippen molar-refractivity contribution in [1.82, 2.24) is 24.5 Å². The quantitative estimate of drug-likeness (QED) is 0.647. The summed E-state index contributed by atoms with van der Waals surface area (Å²) in [5, 5.41) is 8.09. The molecule has 146 valence electrons. The Labute approximate surface area is 167 Å². The first kappa shape index (κ1) is 18.7. The maximum atomic E-state index is 12.6. The van der Waals surface area contributed by atoms with E-state index in [-0.39, 0.29) is 24.2 Å². The minimum Gasteiger partial charge on any atom is -0.352 e. The summed E-state index contributed by atoms with van der Waals surface area (Å²) in [6.07, 6.45) is 8.73. The number of rotatable bonds is 6. The minimum absolute atomic E-state index is 0.0696. The van der Waals surface area contributed by atoms with E-state index in [1.165, 1.54) is 32.8 Å². The van der Waals surface area contributed by atoms with E-state index in [9.17, 15) is 9.59 Å². The second-order valence-corrected chi connectivity index (χ2v) is 8.01. The van der Waals surface area contributed by atoms with Gasteiger partial charge in [0.25, 0.3) is 0 Å². The number of aromatic nitrogens is 4. The molecule has 0 bridgehead atoms. The van der Waals surface area contributed by atoms with Gasteiger partial charge in [-0.05, 0) is 18.4 Å². The summed E-state index contributed by atoms with van der Waals surface area (Å²) in [6.45, 7) is -0.0696. The Morgan fingerprint density at radius 3 is 2.75 bits per heavy atom. The van der Waals surface area contributed by atoms with Crippen LogP contribution in [0.1, 0.15) is 37.7 Å². The third kappa shape index (κ3) is 4.27. The molecular formula is C20H23N5O2S. The highest BCUT2D eigenvalue weighted by atomic mass is 32.2. The molecule has 1 amide bonds. The maximum Gasteiger partial charge on any atom is 0.350 e. The molecule has 0 radical (unpaired) electrons. The van der Waals surface area contributed by atoms with Crippen molar-refractivity contribution in [1.29, 1.82) is 0 Å². The Bertz CT molecular complexity index is 1010. The Morgan fingerprint density at radius 1 is 1.18 bits per heavy atom. The predicted molar refractivity (Wildman–Crippen MR) is 108 cm³/mol. The van der Waals surface area contributed by atoms with Gasteiger partial charge in [0.2, 0.25) is 5.91 Å². The lowest BCUT2D eigenvalue weighted by molar-refractivity contribution is -0.122. The zero-order valence-electron chi connectivity index (χ0n) is 15.6. The van der Waals surface area contributed by atoms with Crippen molar-refractivity contribution in [2.45, 2.75) is 55.5 Å². The van der Waals surface area contributed by atoms with Crippen LogP contribution in [0.15, 0.2) is 52.5 Å². The van der Waals surface area contributed by atoms with E-state index in [1.807, 2.05) is 30.3 Å². The first-order valence-electron chi connectivity index (χ1n) is 9.61. The number of amides is 1. The molecule has 3 aromatic rings. The smallest absolute Gasteiger partial charge is 0.350 e. The topological polar surface area (TPSA) is 81.3 Å². The molecule has 8 heteroatoms. The van der Waals surface area contributed by atoms with Crippen LogP contribution >= 0.6 is 11.8 Å². The van der Waals surface area contributed by atoms with Gasteiger partial charge in [0, 0.05) is 24.2 Å². The second kappa shape index (κ2) is 8.60. The van der Waals surface area contributed by atoms with Gasteiger partial charge in [0.15, 0.2) is 5.65 Å². The number of carbonyl (C=O) groups is 1. The molecule has 1 N–H and O–H groups in total. The monoisotopic (exact) mass is 397 g/mol. The van der Waals surface area contributed by atoms with Crippen molar-refractivity contribution in [2.75, 3.05) is 0 Å². The Kier molecular flexibility index (Phi) is 5.76. The molecule has 0 unspecified atom stereocenters. The molecule has 2 heterocycles. The van der Waals surface area contributed by atoms with Gasteiger partial charge in [-0.25, -0.2) is 18.9 Å². The van der Waals surface area contributed by atoms with Crippen molar-refractivity contribution in [3.05, 3.63) is 58.8 Å². The zero-order valence-corrected chi connectivity index (χ0v) is 16.4. The third-order valence-electron chi connectivity index (χ3n) is 4.95. The number of fused-ring (bicyclic) bond motifs is 1. The molecule has 0 aliphatic heterocycles. The molecule has 7 nitrogen and oxygen atoms in total. The van der Waals surface area contributed by atoms with Crippen molar-refractivity contribution >= 4 is 23.3 Å². The molecule has 0 spiro atoms. The molecule has 1 aromatic carbocycles. The van der Waals surface area contributed by atoms with E-state index >= 15 is 0 Å². The van der Waals surface area contributed by atoms with Crippen molar-refractivity contribution in [3.63, 3.8) is 0 Å². The Morgan fingerprint density at radius 2 is 1.96 bits per heavy atom. The van der Waals surface area contributed by atoms with Crippen LogP contribution in [-0.2, 0) is 17.1 Å². The molecule has 1 aliphatic rings. The van der Waals surface area contributed by atoms with Crippen LogP contribution in [-0.4, -0.2) is 31.1 Å². The van der Waals surface area contributed by atoms with Crippen molar-refractivity contribution < 1.29 is 4.79 Å². The highest BCUT2D eigenvalue weighted by molar-refractivity contribution is 7.98. The number of nitrogens with zero attached hydrogens (tertiary/aromatic N) is 4. The fraction of sp³-hybridized carbons (Fsp3) is 0.400. The van der Waals surface area contributed by atoms with E-state index in [2.05, 4.69) is 15.4 Å². The molecule has 1 aliphatic carbocycles. The number of benzene rings is 1. The highest BCUT2D eigenvalue weighted by Crippen LogP contribution is 2.23. The lowest BCUT2D eigenvalue weighted by atomic mass is 9.95. The molecule has 1 saturated carbocycles. The summed E-state index contributed by atoms with van der Waals surface area (Å²) in [7, 11) is 0. The van der Waals surface area contributed by atoms with Gasteiger partial charge in [-0.2, -0.15) is 0 Å². The van der Waals surface area contributed by atoms with Gasteiger partial charge in [-0.15, -0.1) is 5.10 Å². The predicted octanol–water partition coefficient (Wildman–Crippen LogP) is 2.63. The summed E-state index contributed by atoms with van der Waals surface area (Å²) in [4.78, 5) is 29.4. The highest BCUT2D eigenvalue weighted by Gasteiger charge is 2.18. The van der Waals surface area contributed by atoms with Crippen molar-refractivity contribution in [2.24, 2.45) is 0 Å². The van der Waals surface area contributed by atoms with Crippen LogP contribution in [0.25, 0.3) is 5.65 Å². The number of nitrogens with one attached hydrogen (secondary N) is 1. The first-order chi connectivity index (χ1) is 13.7. The van der Waals surface area contributed by atoms with Gasteiger partial charge in [-0.3, -0.25) is 4.79 Å². The SMILES string of the molecule is O=C(Cn1nc2c(SCc3ccccc3)nccn2c1=O)NC1CCCCC1. The molecule has 1 fully saturated rings. The van der Waals surface area contributed by atoms with Crippen LogP contribution in [0.5, 0.6) is 0 Å². The van der Waals surface area contributed by atoms with E-state index in [0.29, 0.717) is 10.7 Å². The van der Waals surface area contributed by atoms with Gasteiger partial charge in [0.05, 0.1) is 0 Å². The summed E-state index contributed by atoms with van der Waals surface area (Å²) in [6, 6.07) is 10.3. The second-order valence-electron chi connectivity index (χ2n) is 7.04. The van der Waals surface area contributed by atoms with Gasteiger partial charge in [0.1, 0.15) is 11.6 Å². The average Bonchev–Trinajstić information content (AvgIpc) is 3.04. The van der Waals surface area contributed by atoms with Crippen LogP contribution in [0, 0.1) is 0 Å². The fourth-order valence-corrected chi connectivity index (χ4v) is 4.41. The fourth-order valence-electron chi connectivity index (χ4n) is 3.51. The van der Waals surface area contributed by atoms with Crippen LogP contribution in [0.4, 0.5) is 0 Å². The normalized spacial score (nSPS) is 15.0. The molecule has 2 aromatic heterocycles. The van der Waals surface area contributed by atoms with Gasteiger partial charge in [-0.1, -0.05) is 61.4 Å². The summed E-state index contributed by atoms with van der Waals surface area (Å²) in [5.74, 6) is 0.570. The summed E-state index contributed by atoms with van der Waals surface area (Å²) >= 11 is 1.53. The number of thioether (sulfide) groups is 1. The largest absolute Gasteiger partial charge is 0.352 e. The van der Waals surface area contributed by atoms with Crippen LogP contribution in [0.2, 0.25) is 0 Å². The standard InChI is InChI=1S/C20H23N5O2S/c26-17(22-16-9-5-2-6-10-16)13-25-20(27)24-12-11-21-19(18(24)23-25)28-14-15-7-3-1-4-8-15/h1,3-4,7-8,11-12,16H,2,5-6,9-10,13-14H2,(H,22,26). The first-order valence-corrected chi connectivity index (χ1v) is 10.6. The van der Waals surface area contributed by atoms with Crippen LogP contribution in [0.3, 0.4) is 0 Å². The average molecular weight is 398 g/mol. The maximum absolute atomic E-state index is 12.6. The number of carbonyl (C=O) groups excluding carboxylic acids is 1. The molecular weight excluding hydrogens is 374 g/mol. The zero-order chi connectivity index (χ0) is 19.3. The van der Waals surface area contributed by atoms with E-state index in [1.54, 1.807) is 12.4 Å². The van der Waals surface area contributed by atoms with Crippen molar-refractivity contribution in [3.8, 4) is 0 Å².